The predicted octanol–water partition coefficient (Wildman–Crippen LogP) is -0.480. The molecule has 3 rings (SSSR count). The number of ether oxygens (including phenoxy) is 1. The molecule has 9 nitrogen and oxygen atoms in total. The highest BCUT2D eigenvalue weighted by molar-refractivity contribution is 7.89. The lowest BCUT2D eigenvalue weighted by Gasteiger charge is -2.18. The van der Waals surface area contributed by atoms with Crippen LogP contribution in [0.1, 0.15) is 11.7 Å². The van der Waals surface area contributed by atoms with Crippen molar-refractivity contribution in [3.8, 4) is 17.0 Å². The molecule has 0 unspecified atom stereocenters. The number of hydrogen-bond acceptors (Lipinski definition) is 8. The molecule has 2 aromatic rings. The van der Waals surface area contributed by atoms with E-state index in [4.69, 9.17) is 9.88 Å². The lowest BCUT2D eigenvalue weighted by Crippen LogP contribution is -2.33. The summed E-state index contributed by atoms with van der Waals surface area (Å²) in [5.41, 5.74) is 13.0. The molecule has 122 valence electrons. The Labute approximate surface area is 133 Å². The van der Waals surface area contributed by atoms with E-state index in [0.717, 1.165) is 5.56 Å². The highest BCUT2D eigenvalue weighted by atomic mass is 32.2. The monoisotopic (exact) mass is 336 g/mol. The molecule has 1 aromatic heterocycles. The van der Waals surface area contributed by atoms with Crippen LogP contribution >= 0.6 is 0 Å². The van der Waals surface area contributed by atoms with Crippen LogP contribution in [0.5, 0.6) is 5.88 Å². The third kappa shape index (κ3) is 3.17. The number of nitrogens with zero attached hydrogens (tertiary/aromatic N) is 1. The van der Waals surface area contributed by atoms with Crippen molar-refractivity contribution in [3.63, 3.8) is 0 Å². The number of nitrogens with one attached hydrogen (secondary N) is 4. The van der Waals surface area contributed by atoms with E-state index in [1.165, 1.54) is 13.2 Å². The number of pyridine rings is 1. The van der Waals surface area contributed by atoms with Crippen LogP contribution in [0.25, 0.3) is 11.1 Å². The molecule has 1 saturated heterocycles. The van der Waals surface area contributed by atoms with Gasteiger partial charge in [-0.1, -0.05) is 12.1 Å². The number of benzene rings is 1. The van der Waals surface area contributed by atoms with Gasteiger partial charge in [0.25, 0.3) is 0 Å². The second-order valence-corrected chi connectivity index (χ2v) is 6.35. The Morgan fingerprint density at radius 2 is 1.91 bits per heavy atom. The fourth-order valence-corrected chi connectivity index (χ4v) is 3.20. The molecule has 1 fully saturated rings. The zero-order chi connectivity index (χ0) is 16.4. The zero-order valence-electron chi connectivity index (χ0n) is 12.2. The van der Waals surface area contributed by atoms with Crippen molar-refractivity contribution in [1.29, 1.82) is 0 Å². The minimum atomic E-state index is -3.89. The first-order valence-electron chi connectivity index (χ1n) is 6.68. The third-order valence-electron chi connectivity index (χ3n) is 3.41. The van der Waals surface area contributed by atoms with Crippen LogP contribution in [0, 0.1) is 0 Å². The predicted molar refractivity (Wildman–Crippen MR) is 82.9 cm³/mol. The minimum absolute atomic E-state index is 0.0290. The second kappa shape index (κ2) is 6.20. The van der Waals surface area contributed by atoms with Crippen LogP contribution in [-0.4, -0.2) is 20.5 Å². The van der Waals surface area contributed by atoms with Crippen molar-refractivity contribution in [2.24, 2.45) is 5.14 Å². The van der Waals surface area contributed by atoms with Crippen LogP contribution in [0.2, 0.25) is 0 Å². The number of nitrogens with two attached hydrogens (primary N) is 1. The highest BCUT2D eigenvalue weighted by Crippen LogP contribution is 2.32. The zero-order valence-corrected chi connectivity index (χ0v) is 13.0. The van der Waals surface area contributed by atoms with E-state index < -0.39 is 16.2 Å². The molecule has 0 bridgehead atoms. The van der Waals surface area contributed by atoms with Crippen molar-refractivity contribution in [2.75, 3.05) is 7.11 Å². The van der Waals surface area contributed by atoms with Gasteiger partial charge < -0.3 is 4.74 Å². The number of hydrazine groups is 3. The van der Waals surface area contributed by atoms with E-state index in [1.54, 1.807) is 30.5 Å². The highest BCUT2D eigenvalue weighted by Gasteiger charge is 2.26. The molecule has 0 spiro atoms. The Morgan fingerprint density at radius 1 is 1.17 bits per heavy atom. The van der Waals surface area contributed by atoms with Gasteiger partial charge in [0.05, 0.1) is 12.0 Å². The van der Waals surface area contributed by atoms with E-state index in [9.17, 15) is 8.42 Å². The molecule has 0 saturated carbocycles. The molecule has 1 aliphatic heterocycles. The van der Waals surface area contributed by atoms with Crippen LogP contribution in [0.15, 0.2) is 41.4 Å². The standard InChI is InChI=1S/C13H16N6O3S/c1-22-11-6-5-8(7-15-11)9-3-2-4-10(23(14,20)21)12(9)13-16-18-19-17-13/h2-7,13,16-19H,1H3,(H2,14,20,21). The van der Waals surface area contributed by atoms with Crippen LogP contribution < -0.4 is 31.8 Å². The van der Waals surface area contributed by atoms with E-state index in [-0.39, 0.29) is 4.90 Å². The topological polar surface area (TPSA) is 130 Å². The molecule has 1 aromatic carbocycles. The Balaban J connectivity index is 2.18. The number of hydrogen-bond donors (Lipinski definition) is 5. The number of aromatic nitrogens is 1. The number of primary sulfonamides is 1. The van der Waals surface area contributed by atoms with Gasteiger partial charge in [0.15, 0.2) is 0 Å². The summed E-state index contributed by atoms with van der Waals surface area (Å²) < 4.78 is 28.9. The summed E-state index contributed by atoms with van der Waals surface area (Å²) in [6.45, 7) is 0. The quantitative estimate of drug-likeness (QED) is 0.506. The van der Waals surface area contributed by atoms with Crippen LogP contribution in [0.3, 0.4) is 0 Å². The van der Waals surface area contributed by atoms with Gasteiger partial charge in [0.1, 0.15) is 6.17 Å². The molecule has 0 radical (unpaired) electrons. The summed E-state index contributed by atoms with van der Waals surface area (Å²) in [7, 11) is -2.37. The molecule has 6 N–H and O–H groups in total. The van der Waals surface area contributed by atoms with Crippen molar-refractivity contribution >= 4 is 10.0 Å². The van der Waals surface area contributed by atoms with Crippen LogP contribution in [0.4, 0.5) is 0 Å². The van der Waals surface area contributed by atoms with Gasteiger partial charge in [-0.05, 0) is 17.7 Å². The van der Waals surface area contributed by atoms with E-state index in [2.05, 4.69) is 26.9 Å². The second-order valence-electron chi connectivity index (χ2n) is 4.82. The maximum absolute atomic E-state index is 11.9. The fourth-order valence-electron chi connectivity index (χ4n) is 2.40. The van der Waals surface area contributed by atoms with Crippen molar-refractivity contribution in [1.82, 2.24) is 26.9 Å². The normalized spacial score (nSPS) is 15.7. The Bertz CT molecular complexity index is 803. The van der Waals surface area contributed by atoms with Crippen molar-refractivity contribution in [2.45, 2.75) is 11.1 Å². The van der Waals surface area contributed by atoms with Crippen molar-refractivity contribution < 1.29 is 13.2 Å². The number of sulfonamides is 1. The summed E-state index contributed by atoms with van der Waals surface area (Å²) in [6.07, 6.45) is 1.11. The van der Waals surface area contributed by atoms with Gasteiger partial charge in [-0.15, -0.1) is 0 Å². The molecule has 23 heavy (non-hydrogen) atoms. The lowest BCUT2D eigenvalue weighted by atomic mass is 9.99. The first-order chi connectivity index (χ1) is 11.0. The van der Waals surface area contributed by atoms with Gasteiger partial charge in [0.2, 0.25) is 15.9 Å². The van der Waals surface area contributed by atoms with Gasteiger partial charge >= 0.3 is 0 Å². The number of rotatable bonds is 4. The van der Waals surface area contributed by atoms with Crippen LogP contribution in [-0.2, 0) is 10.0 Å². The van der Waals surface area contributed by atoms with Gasteiger partial charge in [0, 0.05) is 23.4 Å². The minimum Gasteiger partial charge on any atom is -0.481 e. The van der Waals surface area contributed by atoms with E-state index >= 15 is 0 Å². The molecular formula is C13H16N6O3S. The first-order valence-corrected chi connectivity index (χ1v) is 8.22. The molecule has 10 heteroatoms. The molecule has 0 amide bonds. The van der Waals surface area contributed by atoms with E-state index in [1.807, 2.05) is 0 Å². The summed E-state index contributed by atoms with van der Waals surface area (Å²) in [6, 6.07) is 8.41. The Kier molecular flexibility index (Phi) is 4.26. The summed E-state index contributed by atoms with van der Waals surface area (Å²) >= 11 is 0. The maximum atomic E-state index is 11.9. The Hall–Kier alpha value is -2.08. The average molecular weight is 336 g/mol. The molecule has 1 aliphatic rings. The molecule has 0 aliphatic carbocycles. The summed E-state index contributed by atoms with van der Waals surface area (Å²) in [4.78, 5) is 4.19. The SMILES string of the molecule is COc1ccc(-c2cccc(S(N)(=O)=O)c2C2NNNN2)cn1. The third-order valence-corrected chi connectivity index (χ3v) is 4.38. The number of methoxy groups -OCH3 is 1. The maximum Gasteiger partial charge on any atom is 0.238 e. The lowest BCUT2D eigenvalue weighted by molar-refractivity contribution is 0.398. The van der Waals surface area contributed by atoms with Crippen molar-refractivity contribution in [3.05, 3.63) is 42.1 Å². The van der Waals surface area contributed by atoms with Gasteiger partial charge in [-0.25, -0.2) is 29.4 Å². The molecular weight excluding hydrogens is 320 g/mol. The van der Waals surface area contributed by atoms with E-state index in [0.29, 0.717) is 17.0 Å². The smallest absolute Gasteiger partial charge is 0.238 e. The summed E-state index contributed by atoms with van der Waals surface area (Å²) in [5.74, 6) is 0.471. The molecule has 0 atom stereocenters. The summed E-state index contributed by atoms with van der Waals surface area (Å²) in [5, 5.41) is 5.36. The molecule has 2 heterocycles. The largest absolute Gasteiger partial charge is 0.481 e. The first kappa shape index (κ1) is 15.8. The van der Waals surface area contributed by atoms with Gasteiger partial charge in [-0.2, -0.15) is 11.1 Å². The Morgan fingerprint density at radius 3 is 2.48 bits per heavy atom. The average Bonchev–Trinajstić information content (AvgIpc) is 3.07. The fraction of sp³-hybridized carbons (Fsp3) is 0.154. The van der Waals surface area contributed by atoms with Gasteiger partial charge in [-0.3, -0.25) is 0 Å².